The Morgan fingerprint density at radius 1 is 1.37 bits per heavy atom. The van der Waals surface area contributed by atoms with Gasteiger partial charge in [-0.15, -0.1) is 0 Å². The van der Waals surface area contributed by atoms with Crippen molar-refractivity contribution in [3.63, 3.8) is 0 Å². The van der Waals surface area contributed by atoms with Gasteiger partial charge < -0.3 is 15.0 Å². The lowest BCUT2D eigenvalue weighted by molar-refractivity contribution is -0.132. The molecule has 8 heteroatoms. The van der Waals surface area contributed by atoms with Crippen molar-refractivity contribution in [2.45, 2.75) is 51.1 Å². The molecule has 1 saturated heterocycles. The van der Waals surface area contributed by atoms with Crippen LogP contribution in [0.2, 0.25) is 0 Å². The van der Waals surface area contributed by atoms with Gasteiger partial charge in [0.1, 0.15) is 17.6 Å². The zero-order valence-electron chi connectivity index (χ0n) is 17.4. The summed E-state index contributed by atoms with van der Waals surface area (Å²) in [6.07, 6.45) is -0.0949. The van der Waals surface area contributed by atoms with Crippen LogP contribution in [0.3, 0.4) is 0 Å². The van der Waals surface area contributed by atoms with Gasteiger partial charge in [-0.05, 0) is 38.2 Å². The number of para-hydroxylation sites is 1. The fourth-order valence-electron chi connectivity index (χ4n) is 4.69. The van der Waals surface area contributed by atoms with Gasteiger partial charge >= 0.3 is 0 Å². The van der Waals surface area contributed by atoms with Crippen LogP contribution in [-0.4, -0.2) is 53.3 Å². The lowest BCUT2D eigenvalue weighted by Crippen LogP contribution is -2.48. The predicted molar refractivity (Wildman–Crippen MR) is 110 cm³/mol. The second-order valence-corrected chi connectivity index (χ2v) is 8.23. The zero-order chi connectivity index (χ0) is 21.3. The normalized spacial score (nSPS) is 23.8. The van der Waals surface area contributed by atoms with Gasteiger partial charge in [-0.2, -0.15) is 5.10 Å². The number of amides is 1. The highest BCUT2D eigenvalue weighted by Crippen LogP contribution is 2.36. The zero-order valence-corrected chi connectivity index (χ0v) is 17.4. The third kappa shape index (κ3) is 4.13. The minimum Gasteiger partial charge on any atom is -0.496 e. The molecular formula is C22H28F2N4O2. The van der Waals surface area contributed by atoms with E-state index in [0.717, 1.165) is 24.1 Å². The standard InChI is InChI=1S/C22H28F2N4O2/c1-14-10-20-25-17(12-18(22(23)24)28(20)26-14)16-7-5-9-27(13-16)21(29)11-15-6-3-4-8-19(15)30-2/h3-4,6,8,10,16-18,22,25H,5,7,9,11-13H2,1-2H3/t16?,17-,18+/m0/s1. The lowest BCUT2D eigenvalue weighted by atomic mass is 9.85. The Kier molecular flexibility index (Phi) is 5.92. The van der Waals surface area contributed by atoms with Crippen LogP contribution in [0.25, 0.3) is 0 Å². The molecule has 2 aliphatic rings. The van der Waals surface area contributed by atoms with Crippen LogP contribution in [0, 0.1) is 12.8 Å². The second-order valence-electron chi connectivity index (χ2n) is 8.23. The minimum atomic E-state index is -2.47. The van der Waals surface area contributed by atoms with Crippen LogP contribution in [-0.2, 0) is 11.2 Å². The molecule has 4 rings (SSSR count). The van der Waals surface area contributed by atoms with E-state index in [1.165, 1.54) is 4.68 Å². The molecule has 30 heavy (non-hydrogen) atoms. The van der Waals surface area contributed by atoms with Crippen LogP contribution in [0.4, 0.5) is 14.6 Å². The molecule has 3 heterocycles. The molecule has 3 atom stereocenters. The first kappa shape index (κ1) is 20.6. The highest BCUT2D eigenvalue weighted by atomic mass is 19.3. The van der Waals surface area contributed by atoms with E-state index in [1.54, 1.807) is 7.11 Å². The summed E-state index contributed by atoms with van der Waals surface area (Å²) >= 11 is 0. The number of alkyl halides is 2. The van der Waals surface area contributed by atoms with E-state index in [0.29, 0.717) is 31.1 Å². The molecule has 162 valence electrons. The number of rotatable bonds is 5. The van der Waals surface area contributed by atoms with Crippen LogP contribution < -0.4 is 10.1 Å². The van der Waals surface area contributed by atoms with Gasteiger partial charge in [0, 0.05) is 30.8 Å². The number of benzene rings is 1. The van der Waals surface area contributed by atoms with Crippen LogP contribution in [0.5, 0.6) is 5.75 Å². The van der Waals surface area contributed by atoms with E-state index in [2.05, 4.69) is 10.4 Å². The quantitative estimate of drug-likeness (QED) is 0.805. The first-order valence-corrected chi connectivity index (χ1v) is 10.5. The molecule has 0 saturated carbocycles. The average Bonchev–Trinajstić information content (AvgIpc) is 3.13. The van der Waals surface area contributed by atoms with Gasteiger partial charge in [0.05, 0.1) is 19.2 Å². The maximum absolute atomic E-state index is 13.7. The lowest BCUT2D eigenvalue weighted by Gasteiger charge is -2.41. The largest absolute Gasteiger partial charge is 0.496 e. The van der Waals surface area contributed by atoms with Crippen LogP contribution in [0.15, 0.2) is 30.3 Å². The molecule has 1 aromatic heterocycles. The minimum absolute atomic E-state index is 0.0475. The van der Waals surface area contributed by atoms with Crippen molar-refractivity contribution in [1.29, 1.82) is 0 Å². The summed E-state index contributed by atoms with van der Waals surface area (Å²) in [4.78, 5) is 14.8. The average molecular weight is 418 g/mol. The predicted octanol–water partition coefficient (Wildman–Crippen LogP) is 3.67. The highest BCUT2D eigenvalue weighted by Gasteiger charge is 2.38. The van der Waals surface area contributed by atoms with Gasteiger partial charge in [-0.25, -0.2) is 13.5 Å². The molecule has 2 aromatic rings. The number of aryl methyl sites for hydroxylation is 1. The van der Waals surface area contributed by atoms with Gasteiger partial charge in [-0.3, -0.25) is 4.79 Å². The van der Waals surface area contributed by atoms with Gasteiger partial charge in [0.25, 0.3) is 6.43 Å². The maximum atomic E-state index is 13.7. The van der Waals surface area contributed by atoms with Crippen molar-refractivity contribution in [3.05, 3.63) is 41.6 Å². The first-order valence-electron chi connectivity index (χ1n) is 10.5. The Morgan fingerprint density at radius 2 is 2.17 bits per heavy atom. The van der Waals surface area contributed by atoms with Crippen LogP contribution >= 0.6 is 0 Å². The van der Waals surface area contributed by atoms with Crippen molar-refractivity contribution < 1.29 is 18.3 Å². The molecule has 0 radical (unpaired) electrons. The molecule has 0 spiro atoms. The molecular weight excluding hydrogens is 390 g/mol. The Labute approximate surface area is 175 Å². The smallest absolute Gasteiger partial charge is 0.260 e. The van der Waals surface area contributed by atoms with E-state index in [1.807, 2.05) is 42.2 Å². The Bertz CT molecular complexity index is 901. The Morgan fingerprint density at radius 3 is 2.93 bits per heavy atom. The summed E-state index contributed by atoms with van der Waals surface area (Å²) in [5.74, 6) is 1.53. The summed E-state index contributed by atoms with van der Waals surface area (Å²) in [5.41, 5.74) is 1.58. The number of ether oxygens (including phenoxy) is 1. The fourth-order valence-corrected chi connectivity index (χ4v) is 4.69. The fraction of sp³-hybridized carbons (Fsp3) is 0.545. The summed E-state index contributed by atoms with van der Waals surface area (Å²) in [6.45, 7) is 3.09. The number of halogens is 2. The number of piperidine rings is 1. The number of fused-ring (bicyclic) bond motifs is 1. The van der Waals surface area contributed by atoms with E-state index >= 15 is 0 Å². The van der Waals surface area contributed by atoms with Crippen molar-refractivity contribution >= 4 is 11.7 Å². The van der Waals surface area contributed by atoms with Crippen molar-refractivity contribution in [2.75, 3.05) is 25.5 Å². The van der Waals surface area contributed by atoms with E-state index in [4.69, 9.17) is 4.74 Å². The van der Waals surface area contributed by atoms with E-state index in [9.17, 15) is 13.6 Å². The molecule has 1 aromatic carbocycles. The summed E-state index contributed by atoms with van der Waals surface area (Å²) in [5, 5.41) is 7.65. The second kappa shape index (κ2) is 8.62. The SMILES string of the molecule is COc1ccccc1CC(=O)N1CCCC([C@@H]2C[C@H](C(F)F)n3nc(C)cc3N2)C1. The van der Waals surface area contributed by atoms with Gasteiger partial charge in [0.15, 0.2) is 0 Å². The number of hydrogen-bond donors (Lipinski definition) is 1. The van der Waals surface area contributed by atoms with E-state index in [-0.39, 0.29) is 24.3 Å². The molecule has 1 fully saturated rings. The number of methoxy groups -OCH3 is 1. The number of carbonyl (C=O) groups excluding carboxylic acids is 1. The molecule has 0 bridgehead atoms. The van der Waals surface area contributed by atoms with Crippen molar-refractivity contribution in [2.24, 2.45) is 5.92 Å². The van der Waals surface area contributed by atoms with Crippen LogP contribution in [0.1, 0.15) is 36.6 Å². The number of carbonyl (C=O) groups is 1. The molecule has 0 aliphatic carbocycles. The number of aromatic nitrogens is 2. The molecule has 1 N–H and O–H groups in total. The Balaban J connectivity index is 1.45. The number of likely N-dealkylation sites (tertiary alicyclic amines) is 1. The maximum Gasteiger partial charge on any atom is 0.260 e. The molecule has 6 nitrogen and oxygen atoms in total. The summed E-state index contributed by atoms with van der Waals surface area (Å²) in [6, 6.07) is 8.31. The van der Waals surface area contributed by atoms with Gasteiger partial charge in [0.2, 0.25) is 5.91 Å². The van der Waals surface area contributed by atoms with E-state index < -0.39 is 12.5 Å². The monoisotopic (exact) mass is 418 g/mol. The van der Waals surface area contributed by atoms with Gasteiger partial charge in [-0.1, -0.05) is 18.2 Å². The summed E-state index contributed by atoms with van der Waals surface area (Å²) in [7, 11) is 1.60. The third-order valence-electron chi connectivity index (χ3n) is 6.21. The molecule has 1 amide bonds. The van der Waals surface area contributed by atoms with Crippen molar-refractivity contribution in [1.82, 2.24) is 14.7 Å². The number of nitrogens with zero attached hydrogens (tertiary/aromatic N) is 3. The third-order valence-corrected chi connectivity index (χ3v) is 6.21. The van der Waals surface area contributed by atoms with Crippen molar-refractivity contribution in [3.8, 4) is 5.75 Å². The number of anilines is 1. The Hall–Kier alpha value is -2.64. The first-order chi connectivity index (χ1) is 14.5. The number of nitrogens with one attached hydrogen (secondary N) is 1. The molecule has 2 aliphatic heterocycles. The molecule has 1 unspecified atom stereocenters. The number of hydrogen-bond acceptors (Lipinski definition) is 4. The highest BCUT2D eigenvalue weighted by molar-refractivity contribution is 5.79. The summed E-state index contributed by atoms with van der Waals surface area (Å²) < 4.78 is 34.2. The topological polar surface area (TPSA) is 59.4 Å².